The van der Waals surface area contributed by atoms with Gasteiger partial charge in [0, 0.05) is 36.5 Å². The molecule has 1 aromatic carbocycles. The number of fused-ring (bicyclic) bond motifs is 2. The Morgan fingerprint density at radius 2 is 1.72 bits per heavy atom. The van der Waals surface area contributed by atoms with E-state index in [1.165, 1.54) is 11.0 Å². The zero-order valence-corrected chi connectivity index (χ0v) is 18.7. The third-order valence-electron chi connectivity index (χ3n) is 6.75. The predicted molar refractivity (Wildman–Crippen MR) is 119 cm³/mol. The van der Waals surface area contributed by atoms with E-state index in [0.717, 1.165) is 16.9 Å². The van der Waals surface area contributed by atoms with E-state index in [1.54, 1.807) is 0 Å². The molecule has 0 bridgehead atoms. The summed E-state index contributed by atoms with van der Waals surface area (Å²) in [5.41, 5.74) is 2.68. The third kappa shape index (κ3) is 3.76. The normalized spacial score (nSPS) is 24.7. The lowest BCUT2D eigenvalue weighted by Gasteiger charge is -2.23. The van der Waals surface area contributed by atoms with E-state index in [4.69, 9.17) is 4.74 Å². The van der Waals surface area contributed by atoms with Crippen LogP contribution in [0.2, 0.25) is 0 Å². The van der Waals surface area contributed by atoms with E-state index in [0.29, 0.717) is 12.8 Å². The highest BCUT2D eigenvalue weighted by molar-refractivity contribution is 6.05. The Morgan fingerprint density at radius 3 is 2.34 bits per heavy atom. The molecule has 0 spiro atoms. The number of benzene rings is 1. The lowest BCUT2D eigenvalue weighted by molar-refractivity contribution is -0.148. The van der Waals surface area contributed by atoms with Gasteiger partial charge in [-0.1, -0.05) is 44.2 Å². The lowest BCUT2D eigenvalue weighted by atomic mass is 9.83. The molecule has 4 rings (SSSR count). The van der Waals surface area contributed by atoms with Gasteiger partial charge in [0.25, 0.3) is 0 Å². The molecule has 168 valence electrons. The quantitative estimate of drug-likeness (QED) is 0.295. The number of esters is 1. The van der Waals surface area contributed by atoms with Gasteiger partial charge in [0.15, 0.2) is 12.4 Å². The molecular weight excluding hydrogens is 408 g/mol. The molecule has 2 atom stereocenters. The van der Waals surface area contributed by atoms with E-state index < -0.39 is 5.97 Å². The molecule has 0 saturated carbocycles. The Kier molecular flexibility index (Phi) is 5.75. The minimum absolute atomic E-state index is 0.0101. The number of ether oxygens (including phenoxy) is 1. The van der Waals surface area contributed by atoms with Gasteiger partial charge < -0.3 is 9.64 Å². The lowest BCUT2D eigenvalue weighted by Crippen LogP contribution is -2.33. The molecule has 2 unspecified atom stereocenters. The molecule has 3 aliphatic rings. The van der Waals surface area contributed by atoms with Crippen LogP contribution in [-0.4, -0.2) is 48.7 Å². The van der Waals surface area contributed by atoms with Crippen molar-refractivity contribution in [1.29, 1.82) is 0 Å². The Morgan fingerprint density at radius 1 is 1.09 bits per heavy atom. The minimum Gasteiger partial charge on any atom is -0.457 e. The van der Waals surface area contributed by atoms with Gasteiger partial charge in [0.1, 0.15) is 0 Å². The summed E-state index contributed by atoms with van der Waals surface area (Å²) in [7, 11) is 1.91. The fourth-order valence-corrected chi connectivity index (χ4v) is 4.97. The number of nitrogens with zero attached hydrogens (tertiary/aromatic N) is 2. The van der Waals surface area contributed by atoms with Crippen molar-refractivity contribution < 1.29 is 23.9 Å². The molecule has 0 N–H and O–H groups in total. The summed E-state index contributed by atoms with van der Waals surface area (Å²) in [5.74, 6) is -1.98. The van der Waals surface area contributed by atoms with E-state index in [-0.39, 0.29) is 54.4 Å². The summed E-state index contributed by atoms with van der Waals surface area (Å²) in [6, 6.07) is 7.99. The van der Waals surface area contributed by atoms with Crippen molar-refractivity contribution in [3.05, 3.63) is 53.8 Å². The van der Waals surface area contributed by atoms with E-state index >= 15 is 0 Å². The summed E-state index contributed by atoms with van der Waals surface area (Å²) < 4.78 is 5.13. The maximum atomic E-state index is 12.5. The average molecular weight is 437 g/mol. The number of ketones is 1. The topological polar surface area (TPSA) is 84.0 Å². The van der Waals surface area contributed by atoms with Crippen LogP contribution in [-0.2, 0) is 29.3 Å². The highest BCUT2D eigenvalue weighted by atomic mass is 16.5. The van der Waals surface area contributed by atoms with Crippen LogP contribution in [0.4, 0.5) is 5.69 Å². The number of rotatable bonds is 6. The van der Waals surface area contributed by atoms with Crippen LogP contribution in [0.5, 0.6) is 0 Å². The molecule has 1 fully saturated rings. The molecule has 7 heteroatoms. The second-order valence-electron chi connectivity index (χ2n) is 9.09. The maximum Gasteiger partial charge on any atom is 0.308 e. The van der Waals surface area contributed by atoms with Gasteiger partial charge in [-0.2, -0.15) is 0 Å². The molecule has 1 aromatic rings. The van der Waals surface area contributed by atoms with Gasteiger partial charge in [0.2, 0.25) is 11.8 Å². The number of allylic oxidation sites excluding steroid dienone is 3. The number of imide groups is 1. The maximum absolute atomic E-state index is 12.5. The molecule has 2 heterocycles. The first-order valence-corrected chi connectivity index (χ1v) is 11.0. The number of para-hydroxylation sites is 1. The third-order valence-corrected chi connectivity index (χ3v) is 6.75. The van der Waals surface area contributed by atoms with Gasteiger partial charge >= 0.3 is 5.97 Å². The van der Waals surface area contributed by atoms with Crippen LogP contribution >= 0.6 is 0 Å². The summed E-state index contributed by atoms with van der Waals surface area (Å²) in [6.45, 7) is 3.72. The van der Waals surface area contributed by atoms with Crippen molar-refractivity contribution in [3.8, 4) is 0 Å². The molecule has 1 aliphatic carbocycles. The first-order valence-electron chi connectivity index (χ1n) is 11.0. The average Bonchev–Trinajstić information content (AvgIpc) is 3.14. The highest BCUT2D eigenvalue weighted by Crippen LogP contribution is 2.46. The van der Waals surface area contributed by atoms with Crippen molar-refractivity contribution in [2.75, 3.05) is 25.1 Å². The van der Waals surface area contributed by atoms with Gasteiger partial charge in [-0.05, 0) is 24.5 Å². The number of likely N-dealkylation sites (N-methyl/N-ethyl adjacent to an activating group) is 1. The second kappa shape index (κ2) is 8.37. The van der Waals surface area contributed by atoms with E-state index in [9.17, 15) is 19.2 Å². The van der Waals surface area contributed by atoms with Crippen molar-refractivity contribution in [2.45, 2.75) is 38.5 Å². The number of carbonyl (C=O) groups excluding carboxylic acids is 4. The van der Waals surface area contributed by atoms with Crippen LogP contribution in [0.1, 0.15) is 38.7 Å². The van der Waals surface area contributed by atoms with Gasteiger partial charge in [-0.3, -0.25) is 24.1 Å². The molecule has 0 aromatic heterocycles. The second-order valence-corrected chi connectivity index (χ2v) is 9.09. The fraction of sp³-hybridized carbons (Fsp3) is 0.440. The SMILES string of the molecule is CN1/C(=C\C(=O)COC(=O)CCN2C(=O)C3CC=CCC3C2=O)C(C)(C)c2ccccc21. The van der Waals surface area contributed by atoms with Crippen LogP contribution in [0.25, 0.3) is 0 Å². The summed E-state index contributed by atoms with van der Waals surface area (Å²) in [4.78, 5) is 52.8. The van der Waals surface area contributed by atoms with Gasteiger partial charge in [-0.25, -0.2) is 0 Å². The van der Waals surface area contributed by atoms with Crippen molar-refractivity contribution in [3.63, 3.8) is 0 Å². The number of likely N-dealkylation sites (tertiary alicyclic amines) is 1. The first-order chi connectivity index (χ1) is 15.2. The molecule has 2 aliphatic heterocycles. The number of anilines is 1. The smallest absolute Gasteiger partial charge is 0.308 e. The predicted octanol–water partition coefficient (Wildman–Crippen LogP) is 2.75. The first kappa shape index (κ1) is 22.0. The van der Waals surface area contributed by atoms with Gasteiger partial charge in [-0.15, -0.1) is 0 Å². The number of hydrogen-bond acceptors (Lipinski definition) is 6. The zero-order valence-electron chi connectivity index (χ0n) is 18.7. The molecule has 1 saturated heterocycles. The fourth-order valence-electron chi connectivity index (χ4n) is 4.97. The Balaban J connectivity index is 1.31. The van der Waals surface area contributed by atoms with E-state index in [2.05, 4.69) is 13.8 Å². The number of amides is 2. The Bertz CT molecular complexity index is 1010. The zero-order chi connectivity index (χ0) is 23.0. The van der Waals surface area contributed by atoms with E-state index in [1.807, 2.05) is 48.4 Å². The standard InChI is InChI=1S/C25H28N2O5/c1-25(2)19-10-6-7-11-20(19)26(3)21(25)14-16(28)15-32-22(29)12-13-27-23(30)17-8-4-5-9-18(17)24(27)31/h4-7,10-11,14,17-18H,8-9,12-13,15H2,1-3H3/b21-14-. The Hall–Kier alpha value is -3.22. The Labute approximate surface area is 187 Å². The molecular formula is C25H28N2O5. The summed E-state index contributed by atoms with van der Waals surface area (Å²) in [5, 5.41) is 0. The molecule has 0 radical (unpaired) electrons. The monoisotopic (exact) mass is 436 g/mol. The molecule has 2 amide bonds. The largest absolute Gasteiger partial charge is 0.457 e. The minimum atomic E-state index is -0.604. The van der Waals surface area contributed by atoms with Gasteiger partial charge in [0.05, 0.1) is 18.3 Å². The molecule has 32 heavy (non-hydrogen) atoms. The highest BCUT2D eigenvalue weighted by Gasteiger charge is 2.47. The number of hydrogen-bond donors (Lipinski definition) is 0. The number of carbonyl (C=O) groups is 4. The van der Waals surface area contributed by atoms with Crippen LogP contribution in [0.15, 0.2) is 48.2 Å². The van der Waals surface area contributed by atoms with Crippen LogP contribution in [0, 0.1) is 11.8 Å². The van der Waals surface area contributed by atoms with Crippen molar-refractivity contribution in [1.82, 2.24) is 4.90 Å². The van der Waals surface area contributed by atoms with Crippen molar-refractivity contribution >= 4 is 29.3 Å². The molecule has 7 nitrogen and oxygen atoms in total. The van der Waals surface area contributed by atoms with Crippen LogP contribution < -0.4 is 4.90 Å². The van der Waals surface area contributed by atoms with Crippen molar-refractivity contribution in [2.24, 2.45) is 11.8 Å². The van der Waals surface area contributed by atoms with Crippen LogP contribution in [0.3, 0.4) is 0 Å². The summed E-state index contributed by atoms with van der Waals surface area (Å²) in [6.07, 6.45) is 6.38. The summed E-state index contributed by atoms with van der Waals surface area (Å²) >= 11 is 0.